The molecule has 2 N–H and O–H groups in total. The molecule has 4 rings (SSSR count). The van der Waals surface area contributed by atoms with Crippen LogP contribution in [0.15, 0.2) is 35.0 Å². The van der Waals surface area contributed by atoms with Gasteiger partial charge >= 0.3 is 0 Å². The normalized spacial score (nSPS) is 16.6. The first-order valence-corrected chi connectivity index (χ1v) is 8.73. The molecule has 4 heterocycles. The molecule has 0 aromatic carbocycles. The fourth-order valence-corrected chi connectivity index (χ4v) is 3.06. The second-order valence-corrected chi connectivity index (χ2v) is 6.36. The van der Waals surface area contributed by atoms with Crippen LogP contribution in [0.1, 0.15) is 39.7 Å². The highest BCUT2D eigenvalue weighted by Crippen LogP contribution is 2.16. The van der Waals surface area contributed by atoms with Crippen LogP contribution in [-0.4, -0.2) is 45.6 Å². The minimum Gasteiger partial charge on any atom is -0.376 e. The maximum atomic E-state index is 12.6. The fraction of sp³-hybridized carbons (Fsp3) is 0.333. The molecule has 0 bridgehead atoms. The van der Waals surface area contributed by atoms with Gasteiger partial charge in [0, 0.05) is 25.4 Å². The van der Waals surface area contributed by atoms with Crippen molar-refractivity contribution in [1.29, 1.82) is 0 Å². The van der Waals surface area contributed by atoms with Gasteiger partial charge in [0.25, 0.3) is 11.8 Å². The number of rotatable bonds is 5. The van der Waals surface area contributed by atoms with Gasteiger partial charge in [-0.1, -0.05) is 11.2 Å². The van der Waals surface area contributed by atoms with E-state index >= 15 is 0 Å². The van der Waals surface area contributed by atoms with Crippen molar-refractivity contribution in [2.75, 3.05) is 18.5 Å². The SMILES string of the molecule is Cc1cc(NC(=O)c2nc(C(=O)NCC3CCCO3)c3ccccn23)no1. The standard InChI is InChI=1S/C18H19N5O4/c1-11-9-14(22-27-11)20-18(25)16-21-15(13-6-2-3-7-23(13)16)17(24)19-10-12-5-4-8-26-12/h2-3,6-7,9,12H,4-5,8,10H2,1H3,(H,19,24)(H,20,22,25). The molecule has 1 fully saturated rings. The Morgan fingerprint density at radius 1 is 1.33 bits per heavy atom. The number of pyridine rings is 1. The minimum absolute atomic E-state index is 0.0287. The van der Waals surface area contributed by atoms with Gasteiger partial charge in [-0.15, -0.1) is 0 Å². The lowest BCUT2D eigenvalue weighted by atomic mass is 10.2. The third-order valence-electron chi connectivity index (χ3n) is 4.35. The molecule has 1 aliphatic rings. The third kappa shape index (κ3) is 3.54. The average Bonchev–Trinajstić information content (AvgIpc) is 3.39. The number of nitrogens with zero attached hydrogens (tertiary/aromatic N) is 3. The highest BCUT2D eigenvalue weighted by molar-refractivity contribution is 6.05. The van der Waals surface area contributed by atoms with Crippen molar-refractivity contribution in [3.63, 3.8) is 0 Å². The second-order valence-electron chi connectivity index (χ2n) is 6.36. The molecular formula is C18H19N5O4. The first-order valence-electron chi connectivity index (χ1n) is 8.73. The summed E-state index contributed by atoms with van der Waals surface area (Å²) in [6.07, 6.45) is 3.64. The van der Waals surface area contributed by atoms with Crippen LogP contribution in [0.25, 0.3) is 5.52 Å². The molecule has 0 spiro atoms. The molecule has 1 unspecified atom stereocenters. The number of carbonyl (C=O) groups is 2. The highest BCUT2D eigenvalue weighted by Gasteiger charge is 2.23. The van der Waals surface area contributed by atoms with E-state index in [9.17, 15) is 9.59 Å². The molecule has 140 valence electrons. The Morgan fingerprint density at radius 2 is 2.22 bits per heavy atom. The third-order valence-corrected chi connectivity index (χ3v) is 4.35. The average molecular weight is 369 g/mol. The largest absolute Gasteiger partial charge is 0.376 e. The summed E-state index contributed by atoms with van der Waals surface area (Å²) < 4.78 is 12.0. The zero-order valence-corrected chi connectivity index (χ0v) is 14.8. The van der Waals surface area contributed by atoms with E-state index in [0.29, 0.717) is 17.8 Å². The van der Waals surface area contributed by atoms with Crippen LogP contribution in [0.3, 0.4) is 0 Å². The van der Waals surface area contributed by atoms with Crippen molar-refractivity contribution >= 4 is 23.1 Å². The number of imidazole rings is 1. The van der Waals surface area contributed by atoms with Crippen molar-refractivity contribution in [2.45, 2.75) is 25.9 Å². The molecule has 0 saturated carbocycles. The fourth-order valence-electron chi connectivity index (χ4n) is 3.06. The highest BCUT2D eigenvalue weighted by atomic mass is 16.5. The van der Waals surface area contributed by atoms with Crippen molar-refractivity contribution in [1.82, 2.24) is 19.9 Å². The van der Waals surface area contributed by atoms with E-state index in [0.717, 1.165) is 19.4 Å². The lowest BCUT2D eigenvalue weighted by Gasteiger charge is -2.09. The number of amides is 2. The second kappa shape index (κ2) is 7.20. The summed E-state index contributed by atoms with van der Waals surface area (Å²) in [6.45, 7) is 2.87. The molecule has 0 aliphatic carbocycles. The Kier molecular flexibility index (Phi) is 4.59. The summed E-state index contributed by atoms with van der Waals surface area (Å²) in [6, 6.07) is 6.89. The van der Waals surface area contributed by atoms with Crippen molar-refractivity contribution in [3.8, 4) is 0 Å². The number of fused-ring (bicyclic) bond motifs is 1. The van der Waals surface area contributed by atoms with Gasteiger partial charge in [0.15, 0.2) is 11.5 Å². The summed E-state index contributed by atoms with van der Waals surface area (Å²) in [5.74, 6) is 0.128. The zero-order valence-electron chi connectivity index (χ0n) is 14.8. The van der Waals surface area contributed by atoms with Crippen molar-refractivity contribution < 1.29 is 18.8 Å². The van der Waals surface area contributed by atoms with Crippen LogP contribution < -0.4 is 10.6 Å². The van der Waals surface area contributed by atoms with E-state index in [4.69, 9.17) is 9.26 Å². The Bertz CT molecular complexity index is 987. The van der Waals surface area contributed by atoms with E-state index in [1.54, 1.807) is 41.8 Å². The summed E-state index contributed by atoms with van der Waals surface area (Å²) in [7, 11) is 0. The quantitative estimate of drug-likeness (QED) is 0.709. The van der Waals surface area contributed by atoms with E-state index in [1.165, 1.54) is 0 Å². The van der Waals surface area contributed by atoms with E-state index in [-0.39, 0.29) is 29.3 Å². The number of carbonyl (C=O) groups excluding carboxylic acids is 2. The van der Waals surface area contributed by atoms with Gasteiger partial charge < -0.3 is 19.9 Å². The summed E-state index contributed by atoms with van der Waals surface area (Å²) in [5, 5.41) is 9.20. The van der Waals surface area contributed by atoms with Crippen LogP contribution in [0.2, 0.25) is 0 Å². The Morgan fingerprint density at radius 3 is 2.96 bits per heavy atom. The Balaban J connectivity index is 1.58. The number of aryl methyl sites for hydroxylation is 1. The van der Waals surface area contributed by atoms with Gasteiger partial charge in [-0.3, -0.25) is 14.0 Å². The monoisotopic (exact) mass is 369 g/mol. The van der Waals surface area contributed by atoms with Crippen LogP contribution in [0.5, 0.6) is 0 Å². The van der Waals surface area contributed by atoms with Gasteiger partial charge in [-0.05, 0) is 31.9 Å². The lowest BCUT2D eigenvalue weighted by Crippen LogP contribution is -2.32. The predicted octanol–water partition coefficient (Wildman–Crippen LogP) is 1.79. The van der Waals surface area contributed by atoms with E-state index < -0.39 is 5.91 Å². The maximum absolute atomic E-state index is 12.6. The molecular weight excluding hydrogens is 350 g/mol. The van der Waals surface area contributed by atoms with Gasteiger partial charge in [-0.2, -0.15) is 0 Å². The van der Waals surface area contributed by atoms with Gasteiger partial charge in [0.1, 0.15) is 5.76 Å². The van der Waals surface area contributed by atoms with Crippen LogP contribution in [-0.2, 0) is 4.74 Å². The number of nitrogens with one attached hydrogen (secondary N) is 2. The molecule has 2 amide bonds. The number of hydrogen-bond donors (Lipinski definition) is 2. The van der Waals surface area contributed by atoms with Crippen LogP contribution in [0, 0.1) is 6.92 Å². The number of aromatic nitrogens is 3. The maximum Gasteiger partial charge on any atom is 0.293 e. The van der Waals surface area contributed by atoms with Crippen LogP contribution in [0.4, 0.5) is 5.82 Å². The van der Waals surface area contributed by atoms with Gasteiger partial charge in [0.05, 0.1) is 11.6 Å². The number of ether oxygens (including phenoxy) is 1. The molecule has 9 nitrogen and oxygen atoms in total. The lowest BCUT2D eigenvalue weighted by molar-refractivity contribution is 0.0855. The zero-order chi connectivity index (χ0) is 18.8. The molecule has 3 aromatic rings. The van der Waals surface area contributed by atoms with Crippen LogP contribution >= 0.6 is 0 Å². The summed E-state index contributed by atoms with van der Waals surface area (Å²) in [5.41, 5.74) is 0.735. The molecule has 3 aromatic heterocycles. The number of anilines is 1. The molecule has 1 atom stereocenters. The predicted molar refractivity (Wildman–Crippen MR) is 95.7 cm³/mol. The first-order chi connectivity index (χ1) is 13.1. The van der Waals surface area contributed by atoms with Crippen molar-refractivity contribution in [3.05, 3.63) is 47.7 Å². The Labute approximate surface area is 154 Å². The van der Waals surface area contributed by atoms with E-state index in [1.807, 2.05) is 0 Å². The molecule has 27 heavy (non-hydrogen) atoms. The molecule has 9 heteroatoms. The van der Waals surface area contributed by atoms with Gasteiger partial charge in [0.2, 0.25) is 5.82 Å². The Hall–Kier alpha value is -3.20. The van der Waals surface area contributed by atoms with E-state index in [2.05, 4.69) is 20.8 Å². The minimum atomic E-state index is -0.484. The van der Waals surface area contributed by atoms with Crippen molar-refractivity contribution in [2.24, 2.45) is 0 Å². The molecule has 1 aliphatic heterocycles. The summed E-state index contributed by atoms with van der Waals surface area (Å²) in [4.78, 5) is 29.5. The summed E-state index contributed by atoms with van der Waals surface area (Å²) >= 11 is 0. The first kappa shape index (κ1) is 17.2. The smallest absolute Gasteiger partial charge is 0.293 e. The van der Waals surface area contributed by atoms with Gasteiger partial charge in [-0.25, -0.2) is 4.98 Å². The topological polar surface area (TPSA) is 111 Å². The number of hydrogen-bond acceptors (Lipinski definition) is 6. The molecule has 1 saturated heterocycles. The molecule has 0 radical (unpaired) electrons.